The zero-order valence-corrected chi connectivity index (χ0v) is 15.2. The Labute approximate surface area is 160 Å². The Balaban J connectivity index is 1.81. The van der Waals surface area contributed by atoms with Crippen LogP contribution in [0.25, 0.3) is 16.7 Å². The Bertz CT molecular complexity index is 1100. The molecule has 0 saturated heterocycles. The van der Waals surface area contributed by atoms with E-state index in [4.69, 9.17) is 0 Å². The Morgan fingerprint density at radius 2 is 1.93 bits per heavy atom. The molecule has 0 aliphatic heterocycles. The number of nitrogens with zero attached hydrogens (tertiary/aromatic N) is 4. The fourth-order valence-corrected chi connectivity index (χ4v) is 2.78. The van der Waals surface area contributed by atoms with Gasteiger partial charge in [-0.15, -0.1) is 0 Å². The fourth-order valence-electron chi connectivity index (χ4n) is 2.78. The Kier molecular flexibility index (Phi) is 4.86. The summed E-state index contributed by atoms with van der Waals surface area (Å²) in [5.74, 6) is 0.485. The van der Waals surface area contributed by atoms with Crippen LogP contribution in [0.4, 0.5) is 21.8 Å². The number of fused-ring (bicyclic) bond motifs is 1. The lowest BCUT2D eigenvalue weighted by molar-refractivity contribution is 0.208. The topological polar surface area (TPSA) is 87.9 Å². The van der Waals surface area contributed by atoms with Crippen molar-refractivity contribution in [2.45, 2.75) is 13.0 Å². The van der Waals surface area contributed by atoms with Gasteiger partial charge in [0, 0.05) is 12.2 Å². The van der Waals surface area contributed by atoms with Crippen molar-refractivity contribution in [1.82, 2.24) is 19.7 Å². The minimum absolute atomic E-state index is 0.296. The van der Waals surface area contributed by atoms with Crippen LogP contribution < -0.4 is 10.6 Å². The molecule has 0 fully saturated rings. The second kappa shape index (κ2) is 7.61. The number of aliphatic hydroxyl groups excluding tert-OH is 1. The quantitative estimate of drug-likeness (QED) is 0.476. The molecule has 1 unspecified atom stereocenters. The van der Waals surface area contributed by atoms with Crippen molar-refractivity contribution < 1.29 is 9.50 Å². The van der Waals surface area contributed by atoms with Crippen molar-refractivity contribution in [3.8, 4) is 5.69 Å². The highest BCUT2D eigenvalue weighted by molar-refractivity contribution is 5.90. The van der Waals surface area contributed by atoms with E-state index in [-0.39, 0.29) is 5.82 Å². The third-order valence-corrected chi connectivity index (χ3v) is 4.07. The SMILES string of the molecule is CC(O)CNc1nc(Nc2cccc(F)c2)c2cnn(-c3ccccc3)c2n1. The Hall–Kier alpha value is -3.52. The molecule has 0 bridgehead atoms. The molecular formula is C20H19FN6O. The highest BCUT2D eigenvalue weighted by Gasteiger charge is 2.15. The van der Waals surface area contributed by atoms with Crippen LogP contribution in [-0.2, 0) is 0 Å². The maximum Gasteiger partial charge on any atom is 0.226 e. The summed E-state index contributed by atoms with van der Waals surface area (Å²) in [6.45, 7) is 1.97. The monoisotopic (exact) mass is 378 g/mol. The number of hydrogen-bond donors (Lipinski definition) is 3. The number of benzene rings is 2. The average Bonchev–Trinajstić information content (AvgIpc) is 3.11. The van der Waals surface area contributed by atoms with E-state index in [1.807, 2.05) is 30.3 Å². The molecule has 0 spiro atoms. The summed E-state index contributed by atoms with van der Waals surface area (Å²) in [6.07, 6.45) is 1.11. The van der Waals surface area contributed by atoms with E-state index in [1.165, 1.54) is 12.1 Å². The van der Waals surface area contributed by atoms with E-state index in [1.54, 1.807) is 29.9 Å². The zero-order valence-electron chi connectivity index (χ0n) is 15.2. The molecule has 28 heavy (non-hydrogen) atoms. The van der Waals surface area contributed by atoms with Gasteiger partial charge in [-0.2, -0.15) is 15.1 Å². The van der Waals surface area contributed by atoms with Gasteiger partial charge in [-0.05, 0) is 37.3 Å². The van der Waals surface area contributed by atoms with Gasteiger partial charge in [0.2, 0.25) is 5.95 Å². The third-order valence-electron chi connectivity index (χ3n) is 4.07. The maximum atomic E-state index is 13.6. The molecule has 0 amide bonds. The van der Waals surface area contributed by atoms with Crippen LogP contribution in [0.2, 0.25) is 0 Å². The number of anilines is 3. The number of nitrogens with one attached hydrogen (secondary N) is 2. The van der Waals surface area contributed by atoms with Gasteiger partial charge in [0.15, 0.2) is 5.65 Å². The summed E-state index contributed by atoms with van der Waals surface area (Å²) in [5.41, 5.74) is 2.01. The van der Waals surface area contributed by atoms with Gasteiger partial charge in [0.1, 0.15) is 11.6 Å². The lowest BCUT2D eigenvalue weighted by Gasteiger charge is -2.12. The van der Waals surface area contributed by atoms with Crippen molar-refractivity contribution in [2.75, 3.05) is 17.2 Å². The zero-order chi connectivity index (χ0) is 19.5. The van der Waals surface area contributed by atoms with E-state index < -0.39 is 6.10 Å². The molecule has 4 rings (SSSR count). The highest BCUT2D eigenvalue weighted by atomic mass is 19.1. The molecule has 0 saturated carbocycles. The van der Waals surface area contributed by atoms with Crippen LogP contribution in [0.3, 0.4) is 0 Å². The lowest BCUT2D eigenvalue weighted by atomic mass is 10.3. The van der Waals surface area contributed by atoms with Crippen molar-refractivity contribution in [1.29, 1.82) is 0 Å². The molecule has 2 heterocycles. The predicted octanol–water partition coefficient (Wildman–Crippen LogP) is 3.49. The van der Waals surface area contributed by atoms with Crippen molar-refractivity contribution in [3.05, 3.63) is 66.6 Å². The summed E-state index contributed by atoms with van der Waals surface area (Å²) in [6, 6.07) is 15.8. The molecule has 2 aromatic heterocycles. The van der Waals surface area contributed by atoms with Crippen LogP contribution >= 0.6 is 0 Å². The summed E-state index contributed by atoms with van der Waals surface area (Å²) in [5, 5.41) is 20.8. The molecule has 1 atom stereocenters. The first-order valence-electron chi connectivity index (χ1n) is 8.86. The number of aromatic nitrogens is 4. The number of aliphatic hydroxyl groups is 1. The van der Waals surface area contributed by atoms with Gasteiger partial charge >= 0.3 is 0 Å². The summed E-state index contributed by atoms with van der Waals surface area (Å²) in [7, 11) is 0. The van der Waals surface area contributed by atoms with E-state index in [9.17, 15) is 9.50 Å². The molecule has 8 heteroatoms. The second-order valence-electron chi connectivity index (χ2n) is 6.39. The lowest BCUT2D eigenvalue weighted by Crippen LogP contribution is -2.17. The molecule has 7 nitrogen and oxygen atoms in total. The van der Waals surface area contributed by atoms with Gasteiger partial charge in [0.05, 0.1) is 23.4 Å². The Morgan fingerprint density at radius 1 is 1.11 bits per heavy atom. The molecule has 142 valence electrons. The van der Waals surface area contributed by atoms with Crippen molar-refractivity contribution in [2.24, 2.45) is 0 Å². The molecule has 4 aromatic rings. The van der Waals surface area contributed by atoms with Crippen LogP contribution in [0.15, 0.2) is 60.8 Å². The predicted molar refractivity (Wildman–Crippen MR) is 107 cm³/mol. The maximum absolute atomic E-state index is 13.6. The van der Waals surface area contributed by atoms with E-state index in [0.29, 0.717) is 35.0 Å². The molecule has 0 aliphatic rings. The smallest absolute Gasteiger partial charge is 0.226 e. The number of rotatable bonds is 6. The average molecular weight is 378 g/mol. The van der Waals surface area contributed by atoms with Crippen LogP contribution in [0, 0.1) is 5.82 Å². The normalized spacial score (nSPS) is 12.1. The summed E-state index contributed by atoms with van der Waals surface area (Å²) < 4.78 is 15.3. The van der Waals surface area contributed by atoms with Gasteiger partial charge in [-0.25, -0.2) is 9.07 Å². The van der Waals surface area contributed by atoms with Crippen LogP contribution in [0.1, 0.15) is 6.92 Å². The largest absolute Gasteiger partial charge is 0.392 e. The number of hydrogen-bond acceptors (Lipinski definition) is 6. The van der Waals surface area contributed by atoms with Crippen molar-refractivity contribution in [3.63, 3.8) is 0 Å². The van der Waals surface area contributed by atoms with Crippen LogP contribution in [-0.4, -0.2) is 37.5 Å². The van der Waals surface area contributed by atoms with Gasteiger partial charge in [0.25, 0.3) is 0 Å². The van der Waals surface area contributed by atoms with Gasteiger partial charge < -0.3 is 15.7 Å². The van der Waals surface area contributed by atoms with Crippen molar-refractivity contribution >= 4 is 28.5 Å². The number of para-hydroxylation sites is 1. The molecule has 0 aliphatic carbocycles. The van der Waals surface area contributed by atoms with E-state index in [0.717, 1.165) is 5.69 Å². The van der Waals surface area contributed by atoms with E-state index in [2.05, 4.69) is 25.7 Å². The first-order valence-corrected chi connectivity index (χ1v) is 8.86. The standard InChI is InChI=1S/C20H19FN6O/c1-13(28)11-22-20-25-18(24-15-7-5-6-14(21)10-15)17-12-23-27(19(17)26-20)16-8-3-2-4-9-16/h2-10,12-13,28H,11H2,1H3,(H2,22,24,25,26). The number of halogens is 1. The molecule has 3 N–H and O–H groups in total. The highest BCUT2D eigenvalue weighted by Crippen LogP contribution is 2.27. The first kappa shape index (κ1) is 17.9. The second-order valence-corrected chi connectivity index (χ2v) is 6.39. The van der Waals surface area contributed by atoms with Crippen LogP contribution in [0.5, 0.6) is 0 Å². The summed E-state index contributed by atoms with van der Waals surface area (Å²) >= 11 is 0. The third kappa shape index (κ3) is 3.77. The fraction of sp³-hybridized carbons (Fsp3) is 0.150. The first-order chi connectivity index (χ1) is 13.6. The van der Waals surface area contributed by atoms with Gasteiger partial charge in [-0.3, -0.25) is 0 Å². The summed E-state index contributed by atoms with van der Waals surface area (Å²) in [4.78, 5) is 9.04. The van der Waals surface area contributed by atoms with Gasteiger partial charge in [-0.1, -0.05) is 24.3 Å². The minimum atomic E-state index is -0.557. The Morgan fingerprint density at radius 3 is 2.68 bits per heavy atom. The molecule has 0 radical (unpaired) electrons. The molecular weight excluding hydrogens is 359 g/mol. The van der Waals surface area contributed by atoms with E-state index >= 15 is 0 Å². The minimum Gasteiger partial charge on any atom is -0.392 e. The molecule has 2 aromatic carbocycles.